The highest BCUT2D eigenvalue weighted by Gasteiger charge is 2.33. The van der Waals surface area contributed by atoms with Gasteiger partial charge < -0.3 is 15.3 Å². The Labute approximate surface area is 185 Å². The average molecular weight is 464 g/mol. The molecule has 1 aromatic heterocycles. The molecule has 0 bridgehead atoms. The average Bonchev–Trinajstić information content (AvgIpc) is 3.23. The van der Waals surface area contributed by atoms with Gasteiger partial charge in [-0.25, -0.2) is 13.1 Å². The number of nitrogens with zero attached hydrogens (tertiary/aromatic N) is 3. The number of hydrogen-bond acceptors (Lipinski definition) is 6. The fraction of sp³-hybridized carbons (Fsp3) is 0.286. The van der Waals surface area contributed by atoms with E-state index in [0.29, 0.717) is 29.4 Å². The quantitative estimate of drug-likeness (QED) is 0.535. The van der Waals surface area contributed by atoms with E-state index < -0.39 is 15.8 Å². The molecule has 0 saturated carbocycles. The number of phenols is 2. The molecule has 0 spiro atoms. The highest BCUT2D eigenvalue weighted by Crippen LogP contribution is 2.39. The Morgan fingerprint density at radius 2 is 1.90 bits per heavy atom. The number of aromatic hydroxyl groups is 2. The van der Waals surface area contributed by atoms with E-state index in [0.717, 1.165) is 12.5 Å². The Morgan fingerprint density at radius 1 is 1.13 bits per heavy atom. The molecule has 0 aliphatic carbocycles. The van der Waals surface area contributed by atoms with Crippen LogP contribution in [0.2, 0.25) is 5.02 Å². The second kappa shape index (κ2) is 8.51. The van der Waals surface area contributed by atoms with Gasteiger partial charge in [0, 0.05) is 31.3 Å². The first kappa shape index (κ1) is 21.6. The van der Waals surface area contributed by atoms with Crippen LogP contribution in [-0.2, 0) is 10.0 Å². The van der Waals surface area contributed by atoms with Gasteiger partial charge in [0.2, 0.25) is 10.0 Å². The summed E-state index contributed by atoms with van der Waals surface area (Å²) in [5, 5.41) is 35.0. The van der Waals surface area contributed by atoms with Crippen LogP contribution in [0.3, 0.4) is 0 Å². The molecule has 1 aliphatic heterocycles. The van der Waals surface area contributed by atoms with E-state index >= 15 is 0 Å². The molecule has 1 saturated heterocycles. The molecule has 4 rings (SSSR count). The zero-order chi connectivity index (χ0) is 22.2. The third kappa shape index (κ3) is 4.01. The first-order chi connectivity index (χ1) is 14.8. The van der Waals surface area contributed by atoms with Gasteiger partial charge in [-0.05, 0) is 43.0 Å². The fourth-order valence-electron chi connectivity index (χ4n) is 3.83. The number of aromatic nitrogens is 2. The molecule has 2 aromatic carbocycles. The van der Waals surface area contributed by atoms with Crippen LogP contribution in [0.5, 0.6) is 11.5 Å². The molecule has 10 heteroatoms. The lowest BCUT2D eigenvalue weighted by molar-refractivity contribution is 0.165. The molecule has 164 valence electrons. The van der Waals surface area contributed by atoms with Gasteiger partial charge in [0.15, 0.2) is 0 Å². The number of aliphatic hydroxyl groups excluding tert-OH is 1. The number of rotatable bonds is 5. The van der Waals surface area contributed by atoms with Gasteiger partial charge in [0.05, 0.1) is 22.6 Å². The Kier molecular flexibility index (Phi) is 5.94. The molecule has 1 fully saturated rings. The van der Waals surface area contributed by atoms with Crippen LogP contribution in [0, 0.1) is 5.92 Å². The Morgan fingerprint density at radius 3 is 2.65 bits per heavy atom. The summed E-state index contributed by atoms with van der Waals surface area (Å²) in [6, 6.07) is 10.9. The third-order valence-electron chi connectivity index (χ3n) is 5.43. The maximum atomic E-state index is 13.3. The van der Waals surface area contributed by atoms with Crippen LogP contribution in [0.4, 0.5) is 0 Å². The minimum absolute atomic E-state index is 0.101. The Hall–Kier alpha value is -2.59. The Balaban J connectivity index is 1.81. The van der Waals surface area contributed by atoms with Gasteiger partial charge in [0.25, 0.3) is 0 Å². The van der Waals surface area contributed by atoms with Crippen molar-refractivity contribution in [3.63, 3.8) is 0 Å². The first-order valence-electron chi connectivity index (χ1n) is 9.79. The van der Waals surface area contributed by atoms with Crippen molar-refractivity contribution in [3.8, 4) is 28.4 Å². The predicted molar refractivity (Wildman–Crippen MR) is 116 cm³/mol. The highest BCUT2D eigenvalue weighted by atomic mass is 35.5. The number of aliphatic hydroxyl groups is 1. The summed E-state index contributed by atoms with van der Waals surface area (Å²) in [6.07, 6.45) is 2.87. The second-order valence-corrected chi connectivity index (χ2v) is 9.78. The predicted octanol–water partition coefficient (Wildman–Crippen LogP) is 3.00. The number of piperidine rings is 1. The van der Waals surface area contributed by atoms with Crippen LogP contribution in [0.1, 0.15) is 12.8 Å². The van der Waals surface area contributed by atoms with Gasteiger partial charge in [0.1, 0.15) is 16.4 Å². The summed E-state index contributed by atoms with van der Waals surface area (Å²) in [5.74, 6) is -0.989. The summed E-state index contributed by atoms with van der Waals surface area (Å²) >= 11 is 6.29. The normalized spacial score (nSPS) is 17.7. The van der Waals surface area contributed by atoms with Crippen molar-refractivity contribution >= 4 is 21.6 Å². The molecule has 8 nitrogen and oxygen atoms in total. The lowest BCUT2D eigenvalue weighted by Crippen LogP contribution is -2.40. The smallest absolute Gasteiger partial charge is 0.246 e. The number of sulfonamides is 1. The molecule has 3 aromatic rings. The largest absolute Gasteiger partial charge is 0.507 e. The molecule has 0 radical (unpaired) electrons. The van der Waals surface area contributed by atoms with Crippen molar-refractivity contribution in [1.82, 2.24) is 14.1 Å². The third-order valence-corrected chi connectivity index (χ3v) is 7.65. The lowest BCUT2D eigenvalue weighted by Gasteiger charge is -2.31. The maximum absolute atomic E-state index is 13.3. The first-order valence-corrected chi connectivity index (χ1v) is 11.6. The van der Waals surface area contributed by atoms with Crippen molar-refractivity contribution in [2.45, 2.75) is 17.7 Å². The van der Waals surface area contributed by atoms with Gasteiger partial charge in [-0.2, -0.15) is 9.40 Å². The van der Waals surface area contributed by atoms with Crippen LogP contribution in [-0.4, -0.2) is 57.5 Å². The zero-order valence-electron chi connectivity index (χ0n) is 16.5. The van der Waals surface area contributed by atoms with E-state index in [1.54, 1.807) is 30.3 Å². The standard InChI is InChI=1S/C21H22ClN3O5S/c22-16-5-1-2-6-18(16)25-17(7-8-23-25)15-10-21(20(28)11-19(15)27)31(29,30)24-9-3-4-14(12-24)13-26/h1-2,5-8,10-11,14,26-28H,3-4,9,12-13H2. The summed E-state index contributed by atoms with van der Waals surface area (Å²) in [6.45, 7) is 0.369. The minimum atomic E-state index is -4.05. The summed E-state index contributed by atoms with van der Waals surface area (Å²) in [4.78, 5) is -0.314. The van der Waals surface area contributed by atoms with Crippen LogP contribution < -0.4 is 0 Å². The molecule has 3 N–H and O–H groups in total. The number of benzene rings is 2. The molecule has 1 unspecified atom stereocenters. The van der Waals surface area contributed by atoms with E-state index in [-0.39, 0.29) is 35.3 Å². The van der Waals surface area contributed by atoms with Crippen LogP contribution in [0.25, 0.3) is 16.9 Å². The maximum Gasteiger partial charge on any atom is 0.246 e. The summed E-state index contributed by atoms with van der Waals surface area (Å²) < 4.78 is 29.3. The molecular weight excluding hydrogens is 442 g/mol. The molecule has 2 heterocycles. The van der Waals surface area contributed by atoms with E-state index in [9.17, 15) is 23.7 Å². The molecule has 1 atom stereocenters. The monoisotopic (exact) mass is 463 g/mol. The summed E-state index contributed by atoms with van der Waals surface area (Å²) in [7, 11) is -4.05. The van der Waals surface area contributed by atoms with Gasteiger partial charge >= 0.3 is 0 Å². The molecule has 31 heavy (non-hydrogen) atoms. The minimum Gasteiger partial charge on any atom is -0.507 e. The van der Waals surface area contributed by atoms with Gasteiger partial charge in [-0.3, -0.25) is 0 Å². The van der Waals surface area contributed by atoms with E-state index in [1.807, 2.05) is 0 Å². The topological polar surface area (TPSA) is 116 Å². The summed E-state index contributed by atoms with van der Waals surface area (Å²) in [5.41, 5.74) is 1.15. The Bertz CT molecular complexity index is 1210. The van der Waals surface area contributed by atoms with Crippen molar-refractivity contribution in [3.05, 3.63) is 53.7 Å². The van der Waals surface area contributed by atoms with Crippen molar-refractivity contribution in [2.75, 3.05) is 19.7 Å². The van der Waals surface area contributed by atoms with Crippen LogP contribution in [0.15, 0.2) is 53.6 Å². The fourth-order valence-corrected chi connectivity index (χ4v) is 5.69. The second-order valence-electron chi connectivity index (χ2n) is 7.47. The zero-order valence-corrected chi connectivity index (χ0v) is 18.1. The van der Waals surface area contributed by atoms with E-state index in [2.05, 4.69) is 5.10 Å². The van der Waals surface area contributed by atoms with E-state index in [1.165, 1.54) is 21.3 Å². The van der Waals surface area contributed by atoms with Crippen molar-refractivity contribution in [2.24, 2.45) is 5.92 Å². The SMILES string of the molecule is O=S(=O)(c1cc(-c2ccnn2-c2ccccc2Cl)c(O)cc1O)N1CCCC(CO)C1. The number of phenolic OH excluding ortho intramolecular Hbond substituents is 2. The van der Waals surface area contributed by atoms with Gasteiger partial charge in [-0.1, -0.05) is 23.7 Å². The van der Waals surface area contributed by atoms with Crippen molar-refractivity contribution < 1.29 is 23.7 Å². The number of halogens is 1. The van der Waals surface area contributed by atoms with E-state index in [4.69, 9.17) is 11.6 Å². The number of hydrogen-bond donors (Lipinski definition) is 3. The van der Waals surface area contributed by atoms with Crippen LogP contribution >= 0.6 is 11.6 Å². The highest BCUT2D eigenvalue weighted by molar-refractivity contribution is 7.89. The lowest BCUT2D eigenvalue weighted by atomic mass is 10.0. The van der Waals surface area contributed by atoms with Gasteiger partial charge in [-0.15, -0.1) is 0 Å². The molecule has 1 aliphatic rings. The molecule has 0 amide bonds. The number of para-hydroxylation sites is 1. The van der Waals surface area contributed by atoms with Crippen molar-refractivity contribution in [1.29, 1.82) is 0 Å². The molecular formula is C21H22ClN3O5S.